The van der Waals surface area contributed by atoms with E-state index in [0.717, 1.165) is 33.6 Å². The molecule has 2 aliphatic rings. The summed E-state index contributed by atoms with van der Waals surface area (Å²) in [6.45, 7) is 2.51. The number of ether oxygens (including phenoxy) is 1. The smallest absolute Gasteiger partial charge is 0.309 e. The molecule has 8 heteroatoms. The normalized spacial score (nSPS) is 19.0. The maximum absolute atomic E-state index is 11.8. The molecule has 22 heavy (non-hydrogen) atoms. The average molecular weight is 334 g/mol. The van der Waals surface area contributed by atoms with Crippen molar-refractivity contribution in [2.45, 2.75) is 26.3 Å². The second-order valence-corrected chi connectivity index (χ2v) is 6.99. The van der Waals surface area contributed by atoms with Gasteiger partial charge in [-0.1, -0.05) is 12.2 Å². The van der Waals surface area contributed by atoms with E-state index in [0.29, 0.717) is 13.0 Å². The lowest BCUT2D eigenvalue weighted by molar-refractivity contribution is -0.145. The van der Waals surface area contributed by atoms with Crippen LogP contribution in [0.4, 0.5) is 0 Å². The van der Waals surface area contributed by atoms with Gasteiger partial charge in [0.2, 0.25) is 0 Å². The third kappa shape index (κ3) is 1.83. The Labute approximate surface area is 136 Å². The number of nitrogens with zero attached hydrogens (tertiary/aromatic N) is 3. The lowest BCUT2D eigenvalue weighted by atomic mass is 10.1. The fourth-order valence-electron chi connectivity index (χ4n) is 3.18. The van der Waals surface area contributed by atoms with Crippen molar-refractivity contribution in [3.63, 3.8) is 0 Å². The van der Waals surface area contributed by atoms with Crippen molar-refractivity contribution in [1.82, 2.24) is 20.1 Å². The average Bonchev–Trinajstić information content (AvgIpc) is 3.13. The first-order valence-electron chi connectivity index (χ1n) is 7.02. The molecular formula is C14H14N4O2S2. The highest BCUT2D eigenvalue weighted by molar-refractivity contribution is 7.80. The monoisotopic (exact) mass is 334 g/mol. The minimum atomic E-state index is -0.147. The van der Waals surface area contributed by atoms with E-state index in [1.165, 1.54) is 17.6 Å². The summed E-state index contributed by atoms with van der Waals surface area (Å²) >= 11 is 7.23. The van der Waals surface area contributed by atoms with Crippen LogP contribution < -0.4 is 5.32 Å². The zero-order chi connectivity index (χ0) is 15.4. The maximum Gasteiger partial charge on any atom is 0.309 e. The summed E-state index contributed by atoms with van der Waals surface area (Å²) in [7, 11) is 1.44. The van der Waals surface area contributed by atoms with Gasteiger partial charge in [-0.05, 0) is 25.3 Å². The van der Waals surface area contributed by atoms with Crippen LogP contribution in [0.25, 0.3) is 5.00 Å². The summed E-state index contributed by atoms with van der Waals surface area (Å²) in [5.41, 5.74) is 2.21. The maximum atomic E-state index is 11.8. The number of carbonyl (C=O) groups is 1. The molecule has 2 aromatic rings. The zero-order valence-corrected chi connectivity index (χ0v) is 13.8. The van der Waals surface area contributed by atoms with Crippen molar-refractivity contribution in [2.24, 2.45) is 5.92 Å². The van der Waals surface area contributed by atoms with Gasteiger partial charge in [-0.2, -0.15) is 0 Å². The second kappa shape index (κ2) is 4.85. The number of thiophene rings is 1. The van der Waals surface area contributed by atoms with Crippen LogP contribution >= 0.6 is 23.6 Å². The van der Waals surface area contributed by atoms with Gasteiger partial charge in [-0.15, -0.1) is 21.5 Å². The third-order valence-corrected chi connectivity index (χ3v) is 5.81. The number of fused-ring (bicyclic) bond motifs is 5. The number of nitrogens with one attached hydrogen (secondary N) is 1. The molecule has 0 aromatic carbocycles. The Morgan fingerprint density at radius 2 is 2.27 bits per heavy atom. The summed E-state index contributed by atoms with van der Waals surface area (Å²) < 4.78 is 6.95. The number of carbonyl (C=O) groups excluding carboxylic acids is 1. The number of esters is 1. The molecular weight excluding hydrogens is 320 g/mol. The minimum Gasteiger partial charge on any atom is -0.469 e. The Bertz CT molecular complexity index is 808. The Hall–Kier alpha value is -1.80. The number of aromatic nitrogens is 3. The summed E-state index contributed by atoms with van der Waals surface area (Å²) in [6, 6.07) is 0. The number of aryl methyl sites for hydroxylation is 1. The van der Waals surface area contributed by atoms with Crippen LogP contribution in [0.2, 0.25) is 0 Å². The van der Waals surface area contributed by atoms with Gasteiger partial charge in [0.1, 0.15) is 15.8 Å². The molecule has 1 unspecified atom stereocenters. The molecule has 0 radical (unpaired) electrons. The van der Waals surface area contributed by atoms with Gasteiger partial charge < -0.3 is 10.1 Å². The number of rotatable bonds is 1. The molecule has 1 atom stereocenters. The highest BCUT2D eigenvalue weighted by Gasteiger charge is 2.36. The Kier molecular flexibility index (Phi) is 3.05. The van der Waals surface area contributed by atoms with Crippen molar-refractivity contribution in [3.8, 4) is 5.00 Å². The number of thiocarbonyl (C=S) groups is 1. The van der Waals surface area contributed by atoms with Crippen molar-refractivity contribution in [3.05, 3.63) is 27.7 Å². The molecule has 0 saturated heterocycles. The van der Waals surface area contributed by atoms with E-state index in [9.17, 15) is 4.79 Å². The second-order valence-electron chi connectivity index (χ2n) is 5.49. The van der Waals surface area contributed by atoms with Crippen LogP contribution in [0.3, 0.4) is 0 Å². The lowest BCUT2D eigenvalue weighted by Crippen LogP contribution is -2.22. The molecule has 1 aliphatic carbocycles. The van der Waals surface area contributed by atoms with E-state index in [2.05, 4.69) is 20.1 Å². The van der Waals surface area contributed by atoms with Gasteiger partial charge in [-0.25, -0.2) is 0 Å². The quantitative estimate of drug-likeness (QED) is 0.626. The lowest BCUT2D eigenvalue weighted by Gasteiger charge is -2.09. The van der Waals surface area contributed by atoms with Gasteiger partial charge in [0.05, 0.1) is 19.6 Å². The van der Waals surface area contributed by atoms with E-state index in [-0.39, 0.29) is 11.9 Å². The summed E-state index contributed by atoms with van der Waals surface area (Å²) in [4.78, 5) is 13.8. The Morgan fingerprint density at radius 3 is 3.05 bits per heavy atom. The summed E-state index contributed by atoms with van der Waals surface area (Å²) in [5.74, 6) is 1.48. The first-order chi connectivity index (χ1) is 10.6. The molecule has 0 amide bonds. The van der Waals surface area contributed by atoms with Crippen LogP contribution in [-0.2, 0) is 28.9 Å². The van der Waals surface area contributed by atoms with Gasteiger partial charge in [0.15, 0.2) is 5.82 Å². The van der Waals surface area contributed by atoms with Crippen LogP contribution in [0, 0.1) is 12.8 Å². The predicted molar refractivity (Wildman–Crippen MR) is 85.4 cm³/mol. The molecule has 3 heterocycles. The van der Waals surface area contributed by atoms with E-state index < -0.39 is 0 Å². The molecule has 2 aromatic heterocycles. The van der Waals surface area contributed by atoms with Crippen molar-refractivity contribution in [1.29, 1.82) is 0 Å². The van der Waals surface area contributed by atoms with Crippen LogP contribution in [0.15, 0.2) is 0 Å². The summed E-state index contributed by atoms with van der Waals surface area (Å²) in [6.07, 6.45) is 1.41. The highest BCUT2D eigenvalue weighted by atomic mass is 32.1. The topological polar surface area (TPSA) is 69.0 Å². The van der Waals surface area contributed by atoms with E-state index in [4.69, 9.17) is 17.0 Å². The first-order valence-corrected chi connectivity index (χ1v) is 8.24. The first kappa shape index (κ1) is 13.8. The molecule has 0 bridgehead atoms. The molecule has 0 spiro atoms. The summed E-state index contributed by atoms with van der Waals surface area (Å²) in [5, 5.41) is 12.7. The fraction of sp³-hybridized carbons (Fsp3) is 0.429. The van der Waals surface area contributed by atoms with Gasteiger partial charge >= 0.3 is 5.97 Å². The number of hydrogen-bond donors (Lipinski definition) is 1. The van der Waals surface area contributed by atoms with E-state index in [1.54, 1.807) is 11.3 Å². The molecule has 4 rings (SSSR count). The standard InChI is InChI=1S/C14H14N4O2S2/c1-6-16-17-10-5-15-12(21)11-8-3-7(14(19)20-2)4-9(8)22-13(11)18(6)10/h7H,3-5H2,1-2H3,(H,15,21). The van der Waals surface area contributed by atoms with Crippen molar-refractivity contribution in [2.75, 3.05) is 7.11 Å². The highest BCUT2D eigenvalue weighted by Crippen LogP contribution is 2.41. The van der Waals surface area contributed by atoms with Crippen LogP contribution in [0.5, 0.6) is 0 Å². The van der Waals surface area contributed by atoms with Crippen molar-refractivity contribution >= 4 is 34.5 Å². The number of methoxy groups -OCH3 is 1. The Balaban J connectivity index is 1.85. The molecule has 0 saturated carbocycles. The fourth-order valence-corrected chi connectivity index (χ4v) is 5.02. The minimum absolute atomic E-state index is 0.0934. The van der Waals surface area contributed by atoms with Crippen LogP contribution in [-0.4, -0.2) is 32.8 Å². The number of hydrogen-bond acceptors (Lipinski definition) is 6. The molecule has 0 fully saturated rings. The van der Waals surface area contributed by atoms with Gasteiger partial charge in [-0.3, -0.25) is 9.36 Å². The largest absolute Gasteiger partial charge is 0.469 e. The molecule has 6 nitrogen and oxygen atoms in total. The van der Waals surface area contributed by atoms with Crippen LogP contribution in [0.1, 0.15) is 27.7 Å². The SMILES string of the molecule is COC(=O)C1Cc2sc3c(c2C1)C(=S)NCc1nnc(C)n1-3. The van der Waals surface area contributed by atoms with Gasteiger partial charge in [0.25, 0.3) is 0 Å². The zero-order valence-electron chi connectivity index (χ0n) is 12.2. The Morgan fingerprint density at radius 1 is 1.45 bits per heavy atom. The van der Waals surface area contributed by atoms with Crippen molar-refractivity contribution < 1.29 is 9.53 Å². The predicted octanol–water partition coefficient (Wildman–Crippen LogP) is 1.30. The van der Waals surface area contributed by atoms with E-state index >= 15 is 0 Å². The molecule has 1 N–H and O–H groups in total. The van der Waals surface area contributed by atoms with E-state index in [1.807, 2.05) is 6.92 Å². The molecule has 1 aliphatic heterocycles. The molecule has 114 valence electrons. The van der Waals surface area contributed by atoms with Gasteiger partial charge in [0, 0.05) is 10.4 Å². The third-order valence-electron chi connectivity index (χ3n) is 4.22.